The van der Waals surface area contributed by atoms with Crippen molar-refractivity contribution in [1.29, 1.82) is 0 Å². The molecule has 1 unspecified atom stereocenters. The van der Waals surface area contributed by atoms with E-state index in [1.807, 2.05) is 41.3 Å². The maximum atomic E-state index is 12.4. The van der Waals surface area contributed by atoms with E-state index in [4.69, 9.17) is 9.72 Å². The molecule has 1 atom stereocenters. The van der Waals surface area contributed by atoms with Crippen molar-refractivity contribution < 1.29 is 9.53 Å². The van der Waals surface area contributed by atoms with Gasteiger partial charge in [0.1, 0.15) is 22.9 Å². The number of benzene rings is 1. The predicted molar refractivity (Wildman–Crippen MR) is 131 cm³/mol. The number of hydrogen-bond donors (Lipinski definition) is 1. The number of tetrazole rings is 1. The van der Waals surface area contributed by atoms with Crippen LogP contribution in [0.1, 0.15) is 31.4 Å². The Balaban J connectivity index is 1.40. The van der Waals surface area contributed by atoms with E-state index in [9.17, 15) is 4.79 Å². The van der Waals surface area contributed by atoms with E-state index in [-0.39, 0.29) is 11.9 Å². The first-order chi connectivity index (χ1) is 17.5. The van der Waals surface area contributed by atoms with Crippen molar-refractivity contribution >= 4 is 16.9 Å². The van der Waals surface area contributed by atoms with Crippen LogP contribution in [0.25, 0.3) is 34.1 Å². The van der Waals surface area contributed by atoms with Crippen molar-refractivity contribution in [3.05, 3.63) is 60.4 Å². The molecule has 5 aromatic rings. The third-order valence-electron chi connectivity index (χ3n) is 6.24. The molecule has 4 aromatic heterocycles. The highest BCUT2D eigenvalue weighted by atomic mass is 16.5. The second kappa shape index (κ2) is 8.84. The minimum absolute atomic E-state index is 0.0461. The highest BCUT2D eigenvalue weighted by molar-refractivity contribution is 5.82. The van der Waals surface area contributed by atoms with E-state index >= 15 is 0 Å². The molecule has 0 radical (unpaired) electrons. The Morgan fingerprint density at radius 3 is 2.78 bits per heavy atom. The Morgan fingerprint density at radius 2 is 2.06 bits per heavy atom. The lowest BCUT2D eigenvalue weighted by Crippen LogP contribution is -2.28. The molecule has 180 valence electrons. The summed E-state index contributed by atoms with van der Waals surface area (Å²) in [6.45, 7) is 2.33. The summed E-state index contributed by atoms with van der Waals surface area (Å²) in [5.41, 5.74) is 3.87. The molecule has 0 saturated carbocycles. The van der Waals surface area contributed by atoms with Crippen LogP contribution in [-0.4, -0.2) is 57.5 Å². The number of aromatic nitrogens is 8. The average molecular weight is 482 g/mol. The number of carbonyl (C=O) groups excluding carboxylic acids is 1. The monoisotopic (exact) mass is 481 g/mol. The number of carbonyl (C=O) groups is 1. The van der Waals surface area contributed by atoms with Crippen molar-refractivity contribution in [3.63, 3.8) is 0 Å². The Kier molecular flexibility index (Phi) is 5.36. The van der Waals surface area contributed by atoms with E-state index in [0.29, 0.717) is 28.8 Å². The SMILES string of the molecule is CC(=O)N1CCCC1c1cc2[nH]c(-c3ccccn3)nc2cc1Oc1ccc(-c2nnn(C)n2)nc1. The van der Waals surface area contributed by atoms with E-state index in [1.165, 1.54) is 4.80 Å². The number of nitrogens with zero attached hydrogens (tertiary/aromatic N) is 8. The fourth-order valence-corrected chi connectivity index (χ4v) is 4.58. The van der Waals surface area contributed by atoms with Crippen molar-refractivity contribution in [3.8, 4) is 34.5 Å². The third kappa shape index (κ3) is 4.04. The lowest BCUT2D eigenvalue weighted by molar-refractivity contribution is -0.129. The van der Waals surface area contributed by atoms with Gasteiger partial charge in [0.2, 0.25) is 11.7 Å². The zero-order valence-corrected chi connectivity index (χ0v) is 19.8. The van der Waals surface area contributed by atoms with Crippen LogP contribution in [0.3, 0.4) is 0 Å². The van der Waals surface area contributed by atoms with Crippen LogP contribution >= 0.6 is 0 Å². The van der Waals surface area contributed by atoms with Crippen LogP contribution in [0.5, 0.6) is 11.5 Å². The maximum Gasteiger partial charge on any atom is 0.223 e. The highest BCUT2D eigenvalue weighted by Gasteiger charge is 2.31. The summed E-state index contributed by atoms with van der Waals surface area (Å²) >= 11 is 0. The van der Waals surface area contributed by atoms with Crippen LogP contribution in [-0.2, 0) is 11.8 Å². The fourth-order valence-electron chi connectivity index (χ4n) is 4.58. The number of fused-ring (bicyclic) bond motifs is 1. The molecule has 6 rings (SSSR count). The first kappa shape index (κ1) is 21.8. The molecule has 1 aliphatic rings. The van der Waals surface area contributed by atoms with E-state index < -0.39 is 0 Å². The van der Waals surface area contributed by atoms with Crippen LogP contribution in [0.4, 0.5) is 0 Å². The number of imidazole rings is 1. The second-order valence-electron chi connectivity index (χ2n) is 8.66. The number of H-pyrrole nitrogens is 1. The van der Waals surface area contributed by atoms with Crippen LogP contribution in [0, 0.1) is 0 Å². The van der Waals surface area contributed by atoms with Crippen LogP contribution < -0.4 is 4.74 Å². The van der Waals surface area contributed by atoms with Gasteiger partial charge in [0.25, 0.3) is 0 Å². The first-order valence-corrected chi connectivity index (χ1v) is 11.7. The van der Waals surface area contributed by atoms with Crippen LogP contribution in [0.2, 0.25) is 0 Å². The molecule has 0 bridgehead atoms. The zero-order valence-electron chi connectivity index (χ0n) is 19.8. The van der Waals surface area contributed by atoms with E-state index in [2.05, 4.69) is 30.4 Å². The summed E-state index contributed by atoms with van der Waals surface area (Å²) < 4.78 is 6.34. The molecule has 1 aromatic carbocycles. The molecule has 11 heteroatoms. The Hall–Kier alpha value is -4.67. The van der Waals surface area contributed by atoms with Gasteiger partial charge in [-0.3, -0.25) is 9.78 Å². The molecule has 0 aliphatic carbocycles. The quantitative estimate of drug-likeness (QED) is 0.403. The molecular formula is C25H23N9O2. The predicted octanol–water partition coefficient (Wildman–Crippen LogP) is 3.69. The molecule has 0 spiro atoms. The molecule has 1 amide bonds. The smallest absolute Gasteiger partial charge is 0.223 e. The number of aromatic amines is 1. The summed E-state index contributed by atoms with van der Waals surface area (Å²) in [6.07, 6.45) is 5.16. The van der Waals surface area contributed by atoms with Gasteiger partial charge < -0.3 is 14.6 Å². The van der Waals surface area contributed by atoms with Gasteiger partial charge in [-0.25, -0.2) is 9.97 Å². The van der Waals surface area contributed by atoms with Gasteiger partial charge in [0.15, 0.2) is 5.82 Å². The number of rotatable bonds is 5. The Bertz CT molecular complexity index is 1540. The Morgan fingerprint density at radius 1 is 1.14 bits per heavy atom. The topological polar surface area (TPSA) is 128 Å². The normalized spacial score (nSPS) is 15.5. The van der Waals surface area contributed by atoms with Crippen molar-refractivity contribution in [2.75, 3.05) is 6.54 Å². The van der Waals surface area contributed by atoms with Crippen molar-refractivity contribution in [2.45, 2.75) is 25.8 Å². The molecule has 11 nitrogen and oxygen atoms in total. The summed E-state index contributed by atoms with van der Waals surface area (Å²) in [5.74, 6) is 2.34. The largest absolute Gasteiger partial charge is 0.455 e. The standard InChI is InChI=1S/C25H23N9O2/c1-15(35)34-11-5-7-22(34)17-12-20-21(29-24(28-20)18-6-3-4-10-26-18)13-23(17)36-16-8-9-19(27-14-16)25-30-32-33(2)31-25/h3-4,6,8-10,12-14,22H,5,7,11H2,1-2H3,(H,28,29). The summed E-state index contributed by atoms with van der Waals surface area (Å²) in [7, 11) is 1.70. The molecule has 1 fully saturated rings. The number of amides is 1. The number of aryl methyl sites for hydroxylation is 1. The number of nitrogens with one attached hydrogen (secondary N) is 1. The molecule has 5 heterocycles. The average Bonchev–Trinajstić information content (AvgIpc) is 3.64. The number of pyridine rings is 2. The van der Waals surface area contributed by atoms with Gasteiger partial charge in [-0.15, -0.1) is 10.2 Å². The van der Waals surface area contributed by atoms with Gasteiger partial charge >= 0.3 is 0 Å². The molecule has 1 saturated heterocycles. The third-order valence-corrected chi connectivity index (χ3v) is 6.24. The van der Waals surface area contributed by atoms with Crippen molar-refractivity contribution in [1.82, 2.24) is 45.0 Å². The second-order valence-corrected chi connectivity index (χ2v) is 8.66. The summed E-state index contributed by atoms with van der Waals surface area (Å²) in [4.78, 5) is 32.6. The minimum Gasteiger partial charge on any atom is -0.455 e. The van der Waals surface area contributed by atoms with E-state index in [0.717, 1.165) is 41.7 Å². The lowest BCUT2D eigenvalue weighted by atomic mass is 10.0. The van der Waals surface area contributed by atoms with Gasteiger partial charge in [-0.1, -0.05) is 6.07 Å². The zero-order chi connectivity index (χ0) is 24.6. The van der Waals surface area contributed by atoms with Gasteiger partial charge in [0, 0.05) is 31.3 Å². The molecule has 1 aliphatic heterocycles. The molecule has 1 N–H and O–H groups in total. The first-order valence-electron chi connectivity index (χ1n) is 11.7. The number of likely N-dealkylation sites (tertiary alicyclic amines) is 1. The van der Waals surface area contributed by atoms with Gasteiger partial charge in [-0.05, 0) is 48.4 Å². The van der Waals surface area contributed by atoms with Crippen LogP contribution in [0.15, 0.2) is 54.9 Å². The highest BCUT2D eigenvalue weighted by Crippen LogP contribution is 2.41. The number of hydrogen-bond acceptors (Lipinski definition) is 8. The van der Waals surface area contributed by atoms with Gasteiger partial charge in [-0.2, -0.15) is 4.80 Å². The van der Waals surface area contributed by atoms with E-state index in [1.54, 1.807) is 32.4 Å². The fraction of sp³-hybridized carbons (Fsp3) is 0.240. The summed E-state index contributed by atoms with van der Waals surface area (Å²) in [5, 5.41) is 12.0. The molecular weight excluding hydrogens is 458 g/mol. The lowest BCUT2D eigenvalue weighted by Gasteiger charge is -2.25. The maximum absolute atomic E-state index is 12.4. The number of ether oxygens (including phenoxy) is 1. The minimum atomic E-state index is -0.0838. The van der Waals surface area contributed by atoms with Crippen molar-refractivity contribution in [2.24, 2.45) is 7.05 Å². The van der Waals surface area contributed by atoms with Gasteiger partial charge in [0.05, 0.1) is 30.3 Å². The summed E-state index contributed by atoms with van der Waals surface area (Å²) in [6, 6.07) is 13.1. The molecule has 36 heavy (non-hydrogen) atoms. The Labute approximate surface area is 206 Å².